The molecule has 0 aliphatic rings. The highest BCUT2D eigenvalue weighted by molar-refractivity contribution is 9.10. The minimum absolute atomic E-state index is 0.0902. The summed E-state index contributed by atoms with van der Waals surface area (Å²) in [6.07, 6.45) is -0.0902. The molecule has 0 atom stereocenters. The van der Waals surface area contributed by atoms with Crippen molar-refractivity contribution in [3.8, 4) is 0 Å². The Morgan fingerprint density at radius 2 is 1.80 bits per heavy atom. The van der Waals surface area contributed by atoms with Crippen LogP contribution in [0.25, 0.3) is 0 Å². The molecule has 2 rings (SSSR count). The van der Waals surface area contributed by atoms with E-state index in [1.54, 1.807) is 0 Å². The Hall–Kier alpha value is -1.20. The van der Waals surface area contributed by atoms with Crippen LogP contribution < -0.4 is 0 Å². The summed E-state index contributed by atoms with van der Waals surface area (Å²) in [7, 11) is 0. The van der Waals surface area contributed by atoms with Gasteiger partial charge in [0.05, 0.1) is 5.75 Å². The van der Waals surface area contributed by atoms with Gasteiger partial charge >= 0.3 is 0 Å². The van der Waals surface area contributed by atoms with Gasteiger partial charge in [0.15, 0.2) is 0 Å². The van der Waals surface area contributed by atoms with Gasteiger partial charge in [-0.25, -0.2) is 8.78 Å². The minimum atomic E-state index is -0.548. The lowest BCUT2D eigenvalue weighted by molar-refractivity contribution is -0.116. The van der Waals surface area contributed by atoms with Gasteiger partial charge in [0.25, 0.3) is 0 Å². The molecule has 2 aromatic rings. The molecule has 1 nitrogen and oxygen atoms in total. The topological polar surface area (TPSA) is 17.1 Å². The zero-order valence-corrected chi connectivity index (χ0v) is 12.8. The van der Waals surface area contributed by atoms with Gasteiger partial charge in [-0.3, -0.25) is 4.79 Å². The van der Waals surface area contributed by atoms with Crippen molar-refractivity contribution >= 4 is 33.5 Å². The standard InChI is InChI=1S/C15H11BrF2OS/c16-11-1-4-14(5-2-11)20-9-13(19)8-10-7-12(17)3-6-15(10)18/h1-7H,8-9H2. The Morgan fingerprint density at radius 1 is 1.10 bits per heavy atom. The van der Waals surface area contributed by atoms with E-state index >= 15 is 0 Å². The SMILES string of the molecule is O=C(CSc1ccc(Br)cc1)Cc1cc(F)ccc1F. The molecule has 0 aromatic heterocycles. The second kappa shape index (κ2) is 6.99. The summed E-state index contributed by atoms with van der Waals surface area (Å²) >= 11 is 4.71. The highest BCUT2D eigenvalue weighted by Gasteiger charge is 2.10. The van der Waals surface area contributed by atoms with Crippen LogP contribution in [0.1, 0.15) is 5.56 Å². The third-order valence-corrected chi connectivity index (χ3v) is 4.21. The first-order chi connectivity index (χ1) is 9.54. The fourth-order valence-corrected chi connectivity index (χ4v) is 2.66. The molecular weight excluding hydrogens is 346 g/mol. The molecule has 20 heavy (non-hydrogen) atoms. The molecule has 0 saturated heterocycles. The van der Waals surface area contributed by atoms with Crippen molar-refractivity contribution in [2.45, 2.75) is 11.3 Å². The number of hydrogen-bond acceptors (Lipinski definition) is 2. The van der Waals surface area contributed by atoms with Crippen molar-refractivity contribution in [2.24, 2.45) is 0 Å². The van der Waals surface area contributed by atoms with Crippen LogP contribution in [0, 0.1) is 11.6 Å². The van der Waals surface area contributed by atoms with Crippen LogP contribution in [0.2, 0.25) is 0 Å². The van der Waals surface area contributed by atoms with Crippen molar-refractivity contribution in [1.29, 1.82) is 0 Å². The average Bonchev–Trinajstić information content (AvgIpc) is 2.42. The van der Waals surface area contributed by atoms with Crippen molar-refractivity contribution in [1.82, 2.24) is 0 Å². The Kier molecular flexibility index (Phi) is 5.31. The fourth-order valence-electron chi connectivity index (χ4n) is 1.64. The summed E-state index contributed by atoms with van der Waals surface area (Å²) in [5, 5.41) is 0. The molecule has 0 saturated carbocycles. The Bertz CT molecular complexity index is 614. The van der Waals surface area contributed by atoms with Gasteiger partial charge in [-0.2, -0.15) is 0 Å². The molecule has 0 radical (unpaired) electrons. The molecule has 5 heteroatoms. The van der Waals surface area contributed by atoms with E-state index in [1.807, 2.05) is 24.3 Å². The number of Topliss-reactive ketones (excluding diaryl/α,β-unsaturated/α-hetero) is 1. The fraction of sp³-hybridized carbons (Fsp3) is 0.133. The van der Waals surface area contributed by atoms with Gasteiger partial charge in [-0.15, -0.1) is 11.8 Å². The molecule has 0 spiro atoms. The van der Waals surface area contributed by atoms with Crippen LogP contribution in [0.5, 0.6) is 0 Å². The third kappa shape index (κ3) is 4.42. The van der Waals surface area contributed by atoms with Crippen LogP contribution in [0.4, 0.5) is 8.78 Å². The van der Waals surface area contributed by atoms with Crippen molar-refractivity contribution < 1.29 is 13.6 Å². The van der Waals surface area contributed by atoms with E-state index < -0.39 is 11.6 Å². The molecule has 104 valence electrons. The van der Waals surface area contributed by atoms with Crippen LogP contribution in [0.3, 0.4) is 0 Å². The minimum Gasteiger partial charge on any atom is -0.298 e. The summed E-state index contributed by atoms with van der Waals surface area (Å²) < 4.78 is 27.4. The zero-order valence-electron chi connectivity index (χ0n) is 10.4. The van der Waals surface area contributed by atoms with Gasteiger partial charge in [-0.1, -0.05) is 15.9 Å². The molecular formula is C15H11BrF2OS. The van der Waals surface area contributed by atoms with Gasteiger partial charge in [-0.05, 0) is 48.0 Å². The number of thioether (sulfide) groups is 1. The maximum Gasteiger partial charge on any atom is 0.147 e. The summed E-state index contributed by atoms with van der Waals surface area (Å²) in [6, 6.07) is 10.7. The summed E-state index contributed by atoms with van der Waals surface area (Å²) in [5.74, 6) is -0.983. The van der Waals surface area contributed by atoms with E-state index in [4.69, 9.17) is 0 Å². The lowest BCUT2D eigenvalue weighted by Gasteiger charge is -2.04. The molecule has 2 aromatic carbocycles. The number of halogens is 3. The van der Waals surface area contributed by atoms with Gasteiger partial charge in [0.2, 0.25) is 0 Å². The first-order valence-corrected chi connectivity index (χ1v) is 7.66. The number of hydrogen-bond donors (Lipinski definition) is 0. The first kappa shape index (κ1) is 15.2. The molecule has 0 unspecified atom stereocenters. The van der Waals surface area contributed by atoms with Crippen LogP contribution in [-0.4, -0.2) is 11.5 Å². The summed E-state index contributed by atoms with van der Waals surface area (Å²) in [5.41, 5.74) is 0.103. The molecule has 0 bridgehead atoms. The highest BCUT2D eigenvalue weighted by Crippen LogP contribution is 2.21. The van der Waals surface area contributed by atoms with E-state index in [2.05, 4.69) is 15.9 Å². The van der Waals surface area contributed by atoms with Gasteiger partial charge in [0.1, 0.15) is 17.4 Å². The maximum atomic E-state index is 13.4. The number of ketones is 1. The quantitative estimate of drug-likeness (QED) is 0.726. The maximum absolute atomic E-state index is 13.4. The number of benzene rings is 2. The van der Waals surface area contributed by atoms with E-state index in [-0.39, 0.29) is 23.5 Å². The highest BCUT2D eigenvalue weighted by atomic mass is 79.9. The van der Waals surface area contributed by atoms with E-state index in [0.29, 0.717) is 0 Å². The average molecular weight is 357 g/mol. The van der Waals surface area contributed by atoms with Crippen LogP contribution in [-0.2, 0) is 11.2 Å². The smallest absolute Gasteiger partial charge is 0.147 e. The molecule has 0 amide bonds. The lowest BCUT2D eigenvalue weighted by atomic mass is 10.1. The second-order valence-electron chi connectivity index (χ2n) is 4.19. The lowest BCUT2D eigenvalue weighted by Crippen LogP contribution is -2.07. The number of carbonyl (C=O) groups is 1. The van der Waals surface area contributed by atoms with Crippen LogP contribution >= 0.6 is 27.7 Å². The second-order valence-corrected chi connectivity index (χ2v) is 6.16. The molecule has 0 heterocycles. The summed E-state index contributed by atoms with van der Waals surface area (Å²) in [4.78, 5) is 12.8. The summed E-state index contributed by atoms with van der Waals surface area (Å²) in [6.45, 7) is 0. The van der Waals surface area contributed by atoms with Crippen LogP contribution in [0.15, 0.2) is 51.8 Å². The third-order valence-electron chi connectivity index (χ3n) is 2.61. The van der Waals surface area contributed by atoms with E-state index in [1.165, 1.54) is 11.8 Å². The monoisotopic (exact) mass is 356 g/mol. The first-order valence-electron chi connectivity index (χ1n) is 5.88. The van der Waals surface area contributed by atoms with Crippen molar-refractivity contribution in [3.63, 3.8) is 0 Å². The zero-order chi connectivity index (χ0) is 14.5. The van der Waals surface area contributed by atoms with E-state index in [0.717, 1.165) is 27.6 Å². The largest absolute Gasteiger partial charge is 0.298 e. The Balaban J connectivity index is 1.92. The normalized spacial score (nSPS) is 10.6. The molecule has 0 N–H and O–H groups in total. The van der Waals surface area contributed by atoms with Gasteiger partial charge in [0, 0.05) is 15.8 Å². The number of rotatable bonds is 5. The molecule has 0 aliphatic carbocycles. The van der Waals surface area contributed by atoms with E-state index in [9.17, 15) is 13.6 Å². The van der Waals surface area contributed by atoms with Gasteiger partial charge < -0.3 is 0 Å². The van der Waals surface area contributed by atoms with Crippen molar-refractivity contribution in [3.05, 3.63) is 64.1 Å². The molecule has 0 aliphatic heterocycles. The number of carbonyl (C=O) groups excluding carboxylic acids is 1. The Labute approximate surface area is 128 Å². The predicted octanol–water partition coefficient (Wildman–Crippen LogP) is 4.63. The molecule has 0 fully saturated rings. The van der Waals surface area contributed by atoms with Crippen molar-refractivity contribution in [2.75, 3.05) is 5.75 Å². The predicted molar refractivity (Wildman–Crippen MR) is 79.9 cm³/mol. The Morgan fingerprint density at radius 3 is 2.50 bits per heavy atom.